The molecule has 1 heterocycles. The lowest BCUT2D eigenvalue weighted by Gasteiger charge is -2.40. The number of nitrogens with zero attached hydrogens (tertiary/aromatic N) is 1. The van der Waals surface area contributed by atoms with Gasteiger partial charge in [0.05, 0.1) is 0 Å². The van der Waals surface area contributed by atoms with E-state index in [2.05, 4.69) is 5.32 Å². The molecule has 0 aromatic heterocycles. The third-order valence-electron chi connectivity index (χ3n) is 4.90. The number of rotatable bonds is 5. The van der Waals surface area contributed by atoms with Gasteiger partial charge in [0.15, 0.2) is 0 Å². The van der Waals surface area contributed by atoms with Crippen LogP contribution in [0.15, 0.2) is 54.6 Å². The summed E-state index contributed by atoms with van der Waals surface area (Å²) in [5.41, 5.74) is 0.440. The molecule has 2 aromatic rings. The first-order valence-electron chi connectivity index (χ1n) is 8.96. The number of amides is 2. The molecule has 2 amide bonds. The van der Waals surface area contributed by atoms with Crippen molar-refractivity contribution in [3.05, 3.63) is 66.0 Å². The SMILES string of the molecule is CCNC(=O)[C@]1(Cc2ccccc2)CCCN(c2ccc(F)cc2)C1=O. The van der Waals surface area contributed by atoms with Crippen LogP contribution in [0.5, 0.6) is 0 Å². The summed E-state index contributed by atoms with van der Waals surface area (Å²) in [5.74, 6) is -0.802. The quantitative estimate of drug-likeness (QED) is 0.838. The maximum Gasteiger partial charge on any atom is 0.243 e. The van der Waals surface area contributed by atoms with Crippen molar-refractivity contribution in [3.63, 3.8) is 0 Å². The first-order chi connectivity index (χ1) is 12.6. The highest BCUT2D eigenvalue weighted by Crippen LogP contribution is 2.37. The molecule has 1 aliphatic rings. The zero-order valence-electron chi connectivity index (χ0n) is 14.9. The Kier molecular flexibility index (Phi) is 5.35. The Bertz CT molecular complexity index is 776. The van der Waals surface area contributed by atoms with Gasteiger partial charge in [-0.15, -0.1) is 0 Å². The van der Waals surface area contributed by atoms with Gasteiger partial charge in [-0.25, -0.2) is 4.39 Å². The number of carbonyl (C=O) groups excluding carboxylic acids is 2. The monoisotopic (exact) mass is 354 g/mol. The first-order valence-corrected chi connectivity index (χ1v) is 8.96. The Hall–Kier alpha value is -2.69. The highest BCUT2D eigenvalue weighted by atomic mass is 19.1. The van der Waals surface area contributed by atoms with Crippen LogP contribution in [0.1, 0.15) is 25.3 Å². The average molecular weight is 354 g/mol. The van der Waals surface area contributed by atoms with E-state index in [1.165, 1.54) is 12.1 Å². The number of hydrogen-bond donors (Lipinski definition) is 1. The summed E-state index contributed by atoms with van der Waals surface area (Å²) in [6.07, 6.45) is 1.58. The predicted molar refractivity (Wildman–Crippen MR) is 99.2 cm³/mol. The molecule has 4 nitrogen and oxygen atoms in total. The molecule has 136 valence electrons. The van der Waals surface area contributed by atoms with Gasteiger partial charge < -0.3 is 10.2 Å². The molecule has 3 rings (SSSR count). The Morgan fingerprint density at radius 1 is 1.15 bits per heavy atom. The third kappa shape index (κ3) is 3.47. The zero-order valence-corrected chi connectivity index (χ0v) is 14.9. The summed E-state index contributed by atoms with van der Waals surface area (Å²) < 4.78 is 13.3. The van der Waals surface area contributed by atoms with Gasteiger partial charge in [0.25, 0.3) is 0 Å². The van der Waals surface area contributed by atoms with Gasteiger partial charge in [0, 0.05) is 18.8 Å². The lowest BCUT2D eigenvalue weighted by atomic mass is 9.73. The molecule has 1 fully saturated rings. The summed E-state index contributed by atoms with van der Waals surface area (Å²) in [4.78, 5) is 28.0. The Morgan fingerprint density at radius 3 is 2.50 bits per heavy atom. The van der Waals surface area contributed by atoms with Crippen molar-refractivity contribution in [2.45, 2.75) is 26.2 Å². The first kappa shape index (κ1) is 18.1. The van der Waals surface area contributed by atoms with Gasteiger partial charge in [-0.05, 0) is 56.0 Å². The van der Waals surface area contributed by atoms with Crippen LogP contribution in [0, 0.1) is 11.2 Å². The van der Waals surface area contributed by atoms with Gasteiger partial charge in [-0.3, -0.25) is 9.59 Å². The van der Waals surface area contributed by atoms with Crippen molar-refractivity contribution in [1.29, 1.82) is 0 Å². The number of halogens is 1. The summed E-state index contributed by atoms with van der Waals surface area (Å²) in [6.45, 7) is 2.85. The van der Waals surface area contributed by atoms with Gasteiger partial charge in [-0.1, -0.05) is 30.3 Å². The standard InChI is InChI=1S/C21H23FN2O2/c1-2-23-19(25)21(15-16-7-4-3-5-8-16)13-6-14-24(20(21)26)18-11-9-17(22)10-12-18/h3-5,7-12H,2,6,13-15H2,1H3,(H,23,25)/t21-/m1/s1. The molecule has 26 heavy (non-hydrogen) atoms. The second kappa shape index (κ2) is 7.68. The van der Waals surface area contributed by atoms with Crippen molar-refractivity contribution in [2.75, 3.05) is 18.0 Å². The van der Waals surface area contributed by atoms with E-state index >= 15 is 0 Å². The molecular formula is C21H23FN2O2. The minimum Gasteiger partial charge on any atom is -0.355 e. The Morgan fingerprint density at radius 2 is 1.85 bits per heavy atom. The zero-order chi connectivity index (χ0) is 18.6. The van der Waals surface area contributed by atoms with E-state index in [1.54, 1.807) is 17.0 Å². The predicted octanol–water partition coefficient (Wildman–Crippen LogP) is 3.32. The van der Waals surface area contributed by atoms with E-state index in [9.17, 15) is 14.0 Å². The fraction of sp³-hybridized carbons (Fsp3) is 0.333. The van der Waals surface area contributed by atoms with Crippen molar-refractivity contribution in [2.24, 2.45) is 5.41 Å². The van der Waals surface area contributed by atoms with E-state index < -0.39 is 5.41 Å². The van der Waals surface area contributed by atoms with Crippen molar-refractivity contribution >= 4 is 17.5 Å². The van der Waals surface area contributed by atoms with Crippen molar-refractivity contribution in [1.82, 2.24) is 5.32 Å². The number of benzene rings is 2. The topological polar surface area (TPSA) is 49.4 Å². The van der Waals surface area contributed by atoms with Crippen LogP contribution in [-0.4, -0.2) is 24.9 Å². The number of carbonyl (C=O) groups is 2. The number of piperidine rings is 1. The van der Waals surface area contributed by atoms with E-state index in [0.29, 0.717) is 38.0 Å². The van der Waals surface area contributed by atoms with Gasteiger partial charge in [-0.2, -0.15) is 0 Å². The lowest BCUT2D eigenvalue weighted by molar-refractivity contribution is -0.144. The highest BCUT2D eigenvalue weighted by Gasteiger charge is 2.50. The molecule has 1 saturated heterocycles. The maximum atomic E-state index is 13.4. The number of hydrogen-bond acceptors (Lipinski definition) is 2. The van der Waals surface area contributed by atoms with E-state index in [0.717, 1.165) is 5.56 Å². The summed E-state index contributed by atoms with van der Waals surface area (Å²) >= 11 is 0. The van der Waals surface area contributed by atoms with Crippen LogP contribution < -0.4 is 10.2 Å². The minimum absolute atomic E-state index is 0.217. The smallest absolute Gasteiger partial charge is 0.243 e. The fourth-order valence-corrected chi connectivity index (χ4v) is 3.60. The molecular weight excluding hydrogens is 331 g/mol. The van der Waals surface area contributed by atoms with Gasteiger partial charge in [0.2, 0.25) is 11.8 Å². The lowest BCUT2D eigenvalue weighted by Crippen LogP contribution is -2.57. The molecule has 0 radical (unpaired) electrons. The molecule has 0 unspecified atom stereocenters. The van der Waals surface area contributed by atoms with Crippen LogP contribution in [-0.2, 0) is 16.0 Å². The fourth-order valence-electron chi connectivity index (χ4n) is 3.60. The molecule has 2 aromatic carbocycles. The van der Waals surface area contributed by atoms with Crippen LogP contribution >= 0.6 is 0 Å². The second-order valence-corrected chi connectivity index (χ2v) is 6.64. The van der Waals surface area contributed by atoms with E-state index in [4.69, 9.17) is 0 Å². The summed E-state index contributed by atoms with van der Waals surface area (Å²) in [6, 6.07) is 15.4. The largest absolute Gasteiger partial charge is 0.355 e. The summed E-state index contributed by atoms with van der Waals surface area (Å²) in [5, 5.41) is 2.84. The highest BCUT2D eigenvalue weighted by molar-refractivity contribution is 6.12. The van der Waals surface area contributed by atoms with Gasteiger partial charge >= 0.3 is 0 Å². The van der Waals surface area contributed by atoms with E-state index in [-0.39, 0.29) is 17.6 Å². The maximum absolute atomic E-state index is 13.4. The third-order valence-corrected chi connectivity index (χ3v) is 4.90. The molecule has 1 atom stereocenters. The van der Waals surface area contributed by atoms with Crippen molar-refractivity contribution < 1.29 is 14.0 Å². The van der Waals surface area contributed by atoms with E-state index in [1.807, 2.05) is 37.3 Å². The van der Waals surface area contributed by atoms with Crippen molar-refractivity contribution in [3.8, 4) is 0 Å². The second-order valence-electron chi connectivity index (χ2n) is 6.64. The van der Waals surface area contributed by atoms with Crippen LogP contribution in [0.25, 0.3) is 0 Å². The normalized spacial score (nSPS) is 20.1. The molecule has 0 saturated carbocycles. The Labute approximate surface area is 153 Å². The number of nitrogens with one attached hydrogen (secondary N) is 1. The molecule has 1 N–H and O–H groups in total. The van der Waals surface area contributed by atoms with Crippen LogP contribution in [0.2, 0.25) is 0 Å². The minimum atomic E-state index is -1.13. The average Bonchev–Trinajstić information content (AvgIpc) is 2.65. The molecule has 0 spiro atoms. The number of anilines is 1. The van der Waals surface area contributed by atoms with Crippen LogP contribution in [0.4, 0.5) is 10.1 Å². The Balaban J connectivity index is 1.97. The molecule has 1 aliphatic heterocycles. The van der Waals surface area contributed by atoms with Crippen LogP contribution in [0.3, 0.4) is 0 Å². The van der Waals surface area contributed by atoms with Gasteiger partial charge in [0.1, 0.15) is 11.2 Å². The molecule has 0 bridgehead atoms. The molecule has 0 aliphatic carbocycles. The summed E-state index contributed by atoms with van der Waals surface area (Å²) in [7, 11) is 0. The molecule has 5 heteroatoms.